The minimum absolute atomic E-state index is 0.0804. The van der Waals surface area contributed by atoms with Gasteiger partial charge in [0.05, 0.1) is 0 Å². The van der Waals surface area contributed by atoms with Gasteiger partial charge in [-0.05, 0) is 41.8 Å². The SMILES string of the molecule is O=C(C1CC(c2ccc(O)cc2)NN1)N1CC(c2ccncc2)C1. The molecule has 124 valence electrons. The smallest absolute Gasteiger partial charge is 0.241 e. The van der Waals surface area contributed by atoms with Crippen LogP contribution in [0.1, 0.15) is 29.5 Å². The van der Waals surface area contributed by atoms with Gasteiger partial charge < -0.3 is 10.0 Å². The zero-order valence-electron chi connectivity index (χ0n) is 13.2. The molecule has 2 unspecified atom stereocenters. The molecule has 6 nitrogen and oxygen atoms in total. The fraction of sp³-hybridized carbons (Fsp3) is 0.333. The van der Waals surface area contributed by atoms with E-state index in [4.69, 9.17) is 0 Å². The summed E-state index contributed by atoms with van der Waals surface area (Å²) in [6.07, 6.45) is 4.30. The molecule has 3 heterocycles. The number of hydrogen-bond acceptors (Lipinski definition) is 5. The molecular weight excluding hydrogens is 304 g/mol. The first-order valence-corrected chi connectivity index (χ1v) is 8.19. The first kappa shape index (κ1) is 15.1. The average molecular weight is 324 g/mol. The summed E-state index contributed by atoms with van der Waals surface area (Å²) in [5, 5.41) is 9.37. The Labute approximate surface area is 140 Å². The van der Waals surface area contributed by atoms with E-state index in [1.807, 2.05) is 29.2 Å². The van der Waals surface area contributed by atoms with Crippen molar-refractivity contribution in [2.24, 2.45) is 0 Å². The van der Waals surface area contributed by atoms with E-state index in [9.17, 15) is 9.90 Å². The van der Waals surface area contributed by atoms with Gasteiger partial charge in [-0.3, -0.25) is 9.78 Å². The van der Waals surface area contributed by atoms with Crippen LogP contribution in [0.15, 0.2) is 48.8 Å². The van der Waals surface area contributed by atoms with Crippen LogP contribution in [0.2, 0.25) is 0 Å². The van der Waals surface area contributed by atoms with E-state index in [1.54, 1.807) is 24.5 Å². The third-order valence-electron chi connectivity index (χ3n) is 4.87. The Bertz CT molecular complexity index is 714. The molecule has 0 radical (unpaired) electrons. The van der Waals surface area contributed by atoms with Crippen LogP contribution in [0.5, 0.6) is 5.75 Å². The lowest BCUT2D eigenvalue weighted by Crippen LogP contribution is -2.54. The van der Waals surface area contributed by atoms with Crippen LogP contribution in [0.25, 0.3) is 0 Å². The monoisotopic (exact) mass is 324 g/mol. The van der Waals surface area contributed by atoms with Crippen LogP contribution in [0.3, 0.4) is 0 Å². The van der Waals surface area contributed by atoms with Crippen LogP contribution in [0, 0.1) is 0 Å². The van der Waals surface area contributed by atoms with Crippen molar-refractivity contribution in [2.45, 2.75) is 24.4 Å². The minimum Gasteiger partial charge on any atom is -0.508 e. The second-order valence-electron chi connectivity index (χ2n) is 6.44. The van der Waals surface area contributed by atoms with Gasteiger partial charge in [0, 0.05) is 37.4 Å². The molecule has 0 saturated carbocycles. The number of phenolic OH excluding ortho intramolecular Hbond substituents is 1. The van der Waals surface area contributed by atoms with Crippen LogP contribution >= 0.6 is 0 Å². The highest BCUT2D eigenvalue weighted by Gasteiger charge is 2.38. The van der Waals surface area contributed by atoms with E-state index in [2.05, 4.69) is 15.8 Å². The second-order valence-corrected chi connectivity index (χ2v) is 6.44. The Morgan fingerprint density at radius 3 is 2.46 bits per heavy atom. The summed E-state index contributed by atoms with van der Waals surface area (Å²) in [6.45, 7) is 1.54. The Morgan fingerprint density at radius 1 is 1.04 bits per heavy atom. The van der Waals surface area contributed by atoms with E-state index in [0.717, 1.165) is 18.7 Å². The zero-order chi connectivity index (χ0) is 16.5. The lowest BCUT2D eigenvalue weighted by atomic mass is 9.91. The molecule has 3 N–H and O–H groups in total. The molecule has 2 aromatic rings. The highest BCUT2D eigenvalue weighted by Crippen LogP contribution is 2.30. The molecule has 0 aliphatic carbocycles. The number of carbonyl (C=O) groups is 1. The molecule has 1 aromatic carbocycles. The van der Waals surface area contributed by atoms with Crippen molar-refractivity contribution < 1.29 is 9.90 Å². The number of hydrogen-bond donors (Lipinski definition) is 3. The summed E-state index contributed by atoms with van der Waals surface area (Å²) < 4.78 is 0. The number of aromatic nitrogens is 1. The van der Waals surface area contributed by atoms with Gasteiger partial charge in [-0.2, -0.15) is 0 Å². The van der Waals surface area contributed by atoms with Crippen molar-refractivity contribution in [1.29, 1.82) is 0 Å². The lowest BCUT2D eigenvalue weighted by Gasteiger charge is -2.40. The molecule has 2 fully saturated rings. The normalized spacial score (nSPS) is 23.9. The number of nitrogens with one attached hydrogen (secondary N) is 2. The maximum atomic E-state index is 12.6. The van der Waals surface area contributed by atoms with Crippen molar-refractivity contribution in [3.05, 3.63) is 59.9 Å². The topological polar surface area (TPSA) is 77.5 Å². The number of nitrogens with zero attached hydrogens (tertiary/aromatic N) is 2. The quantitative estimate of drug-likeness (QED) is 0.794. The van der Waals surface area contributed by atoms with E-state index in [1.165, 1.54) is 5.56 Å². The highest BCUT2D eigenvalue weighted by atomic mass is 16.3. The van der Waals surface area contributed by atoms with Gasteiger partial charge in [0.2, 0.25) is 5.91 Å². The summed E-state index contributed by atoms with van der Waals surface area (Å²) >= 11 is 0. The summed E-state index contributed by atoms with van der Waals surface area (Å²) in [7, 11) is 0. The number of phenols is 1. The summed E-state index contributed by atoms with van der Waals surface area (Å²) in [4.78, 5) is 18.5. The van der Waals surface area contributed by atoms with Gasteiger partial charge in [-0.1, -0.05) is 12.1 Å². The van der Waals surface area contributed by atoms with Crippen molar-refractivity contribution in [3.8, 4) is 5.75 Å². The van der Waals surface area contributed by atoms with Gasteiger partial charge in [-0.15, -0.1) is 0 Å². The van der Waals surface area contributed by atoms with Crippen LogP contribution < -0.4 is 10.9 Å². The number of hydrazine groups is 1. The molecule has 1 amide bonds. The largest absolute Gasteiger partial charge is 0.508 e. The molecule has 24 heavy (non-hydrogen) atoms. The lowest BCUT2D eigenvalue weighted by molar-refractivity contribution is -0.137. The zero-order valence-corrected chi connectivity index (χ0v) is 13.2. The van der Waals surface area contributed by atoms with Crippen molar-refractivity contribution in [1.82, 2.24) is 20.7 Å². The second kappa shape index (κ2) is 6.22. The first-order valence-electron chi connectivity index (χ1n) is 8.19. The van der Waals surface area contributed by atoms with Crippen LogP contribution in [-0.4, -0.2) is 40.0 Å². The number of aromatic hydroxyl groups is 1. The van der Waals surface area contributed by atoms with Crippen molar-refractivity contribution in [3.63, 3.8) is 0 Å². The molecule has 2 atom stereocenters. The van der Waals surface area contributed by atoms with Crippen molar-refractivity contribution in [2.75, 3.05) is 13.1 Å². The summed E-state index contributed by atoms with van der Waals surface area (Å²) in [5.74, 6) is 0.813. The predicted molar refractivity (Wildman–Crippen MR) is 89.1 cm³/mol. The number of amides is 1. The number of pyridine rings is 1. The van der Waals surface area contributed by atoms with Gasteiger partial charge in [0.25, 0.3) is 0 Å². The fourth-order valence-corrected chi connectivity index (χ4v) is 3.37. The summed E-state index contributed by atoms with van der Waals surface area (Å²) in [6, 6.07) is 11.0. The van der Waals surface area contributed by atoms with Gasteiger partial charge in [0.15, 0.2) is 0 Å². The van der Waals surface area contributed by atoms with Gasteiger partial charge in [0.1, 0.15) is 11.8 Å². The molecule has 0 spiro atoms. The molecule has 6 heteroatoms. The van der Waals surface area contributed by atoms with Crippen LogP contribution in [0.4, 0.5) is 0 Å². The molecule has 4 rings (SSSR count). The Kier molecular flexibility index (Phi) is 3.92. The predicted octanol–water partition coefficient (Wildman–Crippen LogP) is 1.32. The van der Waals surface area contributed by atoms with E-state index >= 15 is 0 Å². The third-order valence-corrected chi connectivity index (χ3v) is 4.87. The Hall–Kier alpha value is -2.44. The van der Waals surface area contributed by atoms with Crippen LogP contribution in [-0.2, 0) is 4.79 Å². The maximum Gasteiger partial charge on any atom is 0.241 e. The van der Waals surface area contributed by atoms with Crippen molar-refractivity contribution >= 4 is 5.91 Å². The minimum atomic E-state index is -0.206. The fourth-order valence-electron chi connectivity index (χ4n) is 3.37. The average Bonchev–Trinajstić information content (AvgIpc) is 3.05. The molecular formula is C18H20N4O2. The molecule has 0 bridgehead atoms. The molecule has 2 aliphatic rings. The highest BCUT2D eigenvalue weighted by molar-refractivity contribution is 5.83. The molecule has 1 aromatic heterocycles. The molecule has 2 saturated heterocycles. The van der Waals surface area contributed by atoms with E-state index in [0.29, 0.717) is 12.3 Å². The van der Waals surface area contributed by atoms with E-state index in [-0.39, 0.29) is 23.7 Å². The standard InChI is InChI=1S/C18H20N4O2/c23-15-3-1-13(2-4-15)16-9-17(21-20-16)18(24)22-10-14(11-22)12-5-7-19-8-6-12/h1-8,14,16-17,20-21,23H,9-11H2. The number of carbonyl (C=O) groups excluding carboxylic acids is 1. The van der Waals surface area contributed by atoms with Gasteiger partial charge in [-0.25, -0.2) is 10.9 Å². The first-order chi connectivity index (χ1) is 11.7. The number of benzene rings is 1. The summed E-state index contributed by atoms with van der Waals surface area (Å²) in [5.41, 5.74) is 8.60. The number of rotatable bonds is 3. The Balaban J connectivity index is 1.33. The Morgan fingerprint density at radius 2 is 1.75 bits per heavy atom. The molecule has 2 aliphatic heterocycles. The number of likely N-dealkylation sites (tertiary alicyclic amines) is 1. The van der Waals surface area contributed by atoms with Gasteiger partial charge >= 0.3 is 0 Å². The third kappa shape index (κ3) is 2.86. The van der Waals surface area contributed by atoms with E-state index < -0.39 is 0 Å². The maximum absolute atomic E-state index is 12.6.